The maximum absolute atomic E-state index is 11.8. The van der Waals surface area contributed by atoms with Crippen LogP contribution in [0.25, 0.3) is 10.9 Å². The first-order valence-electron chi connectivity index (χ1n) is 7.07. The van der Waals surface area contributed by atoms with Crippen LogP contribution < -0.4 is 10.9 Å². The van der Waals surface area contributed by atoms with Crippen LogP contribution in [-0.4, -0.2) is 23.5 Å². The lowest BCUT2D eigenvalue weighted by molar-refractivity contribution is -0.139. The molecule has 0 saturated heterocycles. The first kappa shape index (κ1) is 15.6. The Bertz CT molecular complexity index is 691. The zero-order valence-electron chi connectivity index (χ0n) is 12.4. The standard InChI is InChI=1S/C16H19N3O3/c1-3-22-16(21)11(2)18-19-15(20)9-8-12-10-17-14-7-5-4-6-13(12)14/h4-7,10,17-18H,2-3,8-9H2,1H3,(H,19,20). The normalized spacial score (nSPS) is 10.2. The Morgan fingerprint density at radius 2 is 2.05 bits per heavy atom. The summed E-state index contributed by atoms with van der Waals surface area (Å²) in [5, 5.41) is 1.11. The van der Waals surface area contributed by atoms with Crippen molar-refractivity contribution in [2.24, 2.45) is 0 Å². The van der Waals surface area contributed by atoms with Crippen molar-refractivity contribution < 1.29 is 14.3 Å². The van der Waals surface area contributed by atoms with E-state index in [0.29, 0.717) is 12.8 Å². The molecule has 1 aromatic heterocycles. The predicted octanol–water partition coefficient (Wildman–Crippen LogP) is 1.80. The van der Waals surface area contributed by atoms with Crippen molar-refractivity contribution in [3.63, 3.8) is 0 Å². The Kier molecular flexibility index (Phi) is 5.19. The van der Waals surface area contributed by atoms with Crippen molar-refractivity contribution in [3.8, 4) is 0 Å². The summed E-state index contributed by atoms with van der Waals surface area (Å²) >= 11 is 0. The van der Waals surface area contributed by atoms with Gasteiger partial charge < -0.3 is 9.72 Å². The summed E-state index contributed by atoms with van der Waals surface area (Å²) in [5.74, 6) is -0.810. The molecule has 1 aromatic carbocycles. The molecule has 116 valence electrons. The molecule has 6 nitrogen and oxygen atoms in total. The molecule has 0 radical (unpaired) electrons. The Hall–Kier alpha value is -2.76. The van der Waals surface area contributed by atoms with Gasteiger partial charge in [-0.15, -0.1) is 0 Å². The largest absolute Gasteiger partial charge is 0.461 e. The molecule has 0 atom stereocenters. The van der Waals surface area contributed by atoms with Gasteiger partial charge in [-0.2, -0.15) is 0 Å². The highest BCUT2D eigenvalue weighted by molar-refractivity contribution is 5.88. The number of hydrogen-bond donors (Lipinski definition) is 3. The van der Waals surface area contributed by atoms with Crippen molar-refractivity contribution in [2.45, 2.75) is 19.8 Å². The number of amides is 1. The van der Waals surface area contributed by atoms with Gasteiger partial charge in [0.05, 0.1) is 6.61 Å². The molecule has 2 aromatic rings. The van der Waals surface area contributed by atoms with Gasteiger partial charge in [-0.25, -0.2) is 4.79 Å². The Balaban J connectivity index is 1.81. The number of carbonyl (C=O) groups is 2. The van der Waals surface area contributed by atoms with Gasteiger partial charge in [0.1, 0.15) is 5.70 Å². The van der Waals surface area contributed by atoms with E-state index in [1.165, 1.54) is 0 Å². The summed E-state index contributed by atoms with van der Waals surface area (Å²) in [6.45, 7) is 5.45. The summed E-state index contributed by atoms with van der Waals surface area (Å²) in [5.41, 5.74) is 7.02. The topological polar surface area (TPSA) is 83.2 Å². The van der Waals surface area contributed by atoms with Crippen molar-refractivity contribution in [2.75, 3.05) is 6.61 Å². The maximum atomic E-state index is 11.8. The highest BCUT2D eigenvalue weighted by Crippen LogP contribution is 2.18. The second-order valence-electron chi connectivity index (χ2n) is 4.73. The fourth-order valence-electron chi connectivity index (χ4n) is 2.06. The summed E-state index contributed by atoms with van der Waals surface area (Å²) in [6.07, 6.45) is 2.80. The quantitative estimate of drug-likeness (QED) is 0.414. The average Bonchev–Trinajstić information content (AvgIpc) is 2.94. The summed E-state index contributed by atoms with van der Waals surface area (Å²) in [4.78, 5) is 26.3. The minimum Gasteiger partial charge on any atom is -0.461 e. The van der Waals surface area contributed by atoms with E-state index in [1.54, 1.807) is 6.92 Å². The Morgan fingerprint density at radius 3 is 2.82 bits per heavy atom. The van der Waals surface area contributed by atoms with E-state index in [-0.39, 0.29) is 18.2 Å². The minimum atomic E-state index is -0.584. The molecule has 0 bridgehead atoms. The molecular weight excluding hydrogens is 282 g/mol. The van der Waals surface area contributed by atoms with Gasteiger partial charge in [0.2, 0.25) is 5.91 Å². The van der Waals surface area contributed by atoms with Gasteiger partial charge in [-0.3, -0.25) is 15.6 Å². The number of hydrogen-bond acceptors (Lipinski definition) is 4. The van der Waals surface area contributed by atoms with Crippen LogP contribution in [0.3, 0.4) is 0 Å². The molecule has 1 amide bonds. The molecule has 3 N–H and O–H groups in total. The van der Waals surface area contributed by atoms with Gasteiger partial charge in [0.25, 0.3) is 0 Å². The molecule has 2 rings (SSSR count). The number of aromatic nitrogens is 1. The lowest BCUT2D eigenvalue weighted by Crippen LogP contribution is -2.39. The molecule has 0 unspecified atom stereocenters. The molecule has 1 heterocycles. The molecule has 6 heteroatoms. The third kappa shape index (κ3) is 3.88. The minimum absolute atomic E-state index is 0.00212. The van der Waals surface area contributed by atoms with Crippen LogP contribution in [0.15, 0.2) is 42.7 Å². The highest BCUT2D eigenvalue weighted by Gasteiger charge is 2.10. The lowest BCUT2D eigenvalue weighted by atomic mass is 10.1. The van der Waals surface area contributed by atoms with Crippen LogP contribution in [-0.2, 0) is 20.7 Å². The number of hydrazine groups is 1. The second-order valence-corrected chi connectivity index (χ2v) is 4.73. The van der Waals surface area contributed by atoms with E-state index in [2.05, 4.69) is 22.4 Å². The van der Waals surface area contributed by atoms with Crippen molar-refractivity contribution in [1.29, 1.82) is 0 Å². The van der Waals surface area contributed by atoms with Crippen molar-refractivity contribution >= 4 is 22.8 Å². The lowest BCUT2D eigenvalue weighted by Gasteiger charge is -2.09. The van der Waals surface area contributed by atoms with E-state index in [9.17, 15) is 9.59 Å². The van der Waals surface area contributed by atoms with Gasteiger partial charge in [-0.1, -0.05) is 24.8 Å². The number of carbonyl (C=O) groups excluding carboxylic acids is 2. The third-order valence-electron chi connectivity index (χ3n) is 3.17. The number of benzene rings is 1. The van der Waals surface area contributed by atoms with Crippen LogP contribution in [0.4, 0.5) is 0 Å². The molecule has 0 spiro atoms. The zero-order chi connectivity index (χ0) is 15.9. The number of aromatic amines is 1. The first-order valence-corrected chi connectivity index (χ1v) is 7.07. The van der Waals surface area contributed by atoms with E-state index in [1.807, 2.05) is 30.5 Å². The maximum Gasteiger partial charge on any atom is 0.355 e. The van der Waals surface area contributed by atoms with Crippen molar-refractivity contribution in [3.05, 3.63) is 48.3 Å². The molecule has 0 fully saturated rings. The molecular formula is C16H19N3O3. The predicted molar refractivity (Wildman–Crippen MR) is 83.7 cm³/mol. The fraction of sp³-hybridized carbons (Fsp3) is 0.250. The Morgan fingerprint density at radius 1 is 1.27 bits per heavy atom. The van der Waals surface area contributed by atoms with Crippen molar-refractivity contribution in [1.82, 2.24) is 15.8 Å². The van der Waals surface area contributed by atoms with Gasteiger partial charge >= 0.3 is 5.97 Å². The zero-order valence-corrected chi connectivity index (χ0v) is 12.4. The van der Waals surface area contributed by atoms with Crippen LogP contribution in [0.2, 0.25) is 0 Å². The molecule has 22 heavy (non-hydrogen) atoms. The number of aryl methyl sites for hydroxylation is 1. The van der Waals surface area contributed by atoms with Crippen LogP contribution in [0, 0.1) is 0 Å². The fourth-order valence-corrected chi connectivity index (χ4v) is 2.06. The van der Waals surface area contributed by atoms with E-state index >= 15 is 0 Å². The average molecular weight is 301 g/mol. The monoisotopic (exact) mass is 301 g/mol. The smallest absolute Gasteiger partial charge is 0.355 e. The van der Waals surface area contributed by atoms with Crippen LogP contribution in [0.1, 0.15) is 18.9 Å². The number of ether oxygens (including phenoxy) is 1. The highest BCUT2D eigenvalue weighted by atomic mass is 16.5. The molecule has 0 aliphatic rings. The van der Waals surface area contributed by atoms with Gasteiger partial charge in [0, 0.05) is 23.5 Å². The number of para-hydroxylation sites is 1. The van der Waals surface area contributed by atoms with Crippen LogP contribution in [0.5, 0.6) is 0 Å². The third-order valence-corrected chi connectivity index (χ3v) is 3.17. The van der Waals surface area contributed by atoms with Gasteiger partial charge in [0.15, 0.2) is 0 Å². The molecule has 0 aliphatic carbocycles. The first-order chi connectivity index (χ1) is 10.6. The second kappa shape index (κ2) is 7.31. The van der Waals surface area contributed by atoms with E-state index < -0.39 is 5.97 Å². The summed E-state index contributed by atoms with van der Waals surface area (Å²) in [7, 11) is 0. The number of rotatable bonds is 7. The van der Waals surface area contributed by atoms with E-state index in [4.69, 9.17) is 4.74 Å². The number of H-pyrrole nitrogens is 1. The molecule has 0 aliphatic heterocycles. The molecule has 0 saturated carbocycles. The summed E-state index contributed by atoms with van der Waals surface area (Å²) < 4.78 is 4.75. The van der Waals surface area contributed by atoms with Gasteiger partial charge in [-0.05, 0) is 25.0 Å². The SMILES string of the molecule is C=C(NNC(=O)CCc1c[nH]c2ccccc12)C(=O)OCC. The van der Waals surface area contributed by atoms with Crippen LogP contribution >= 0.6 is 0 Å². The Labute approximate surface area is 128 Å². The number of esters is 1. The number of fused-ring (bicyclic) bond motifs is 1. The van der Waals surface area contributed by atoms with E-state index in [0.717, 1.165) is 16.5 Å². The number of nitrogens with one attached hydrogen (secondary N) is 3. The summed E-state index contributed by atoms with van der Waals surface area (Å²) in [6, 6.07) is 7.93.